The standard InChI is InChI=1S/C23H25BrN4O2S/c1-4-13-28-21(14-30-20-11-7-18(24)8-12-20)26-27-23(28)31-15-22(29)25-19-9-5-17(6-10-19)16(2)3/h4-12,16H,1,13-15H2,2-3H3,(H,25,29). The molecule has 162 valence electrons. The average molecular weight is 501 g/mol. The van der Waals surface area contributed by atoms with Gasteiger partial charge in [-0.05, 0) is 47.9 Å². The number of hydrogen-bond donors (Lipinski definition) is 1. The fourth-order valence-corrected chi connectivity index (χ4v) is 3.83. The fraction of sp³-hybridized carbons (Fsp3) is 0.261. The van der Waals surface area contributed by atoms with Crippen LogP contribution < -0.4 is 10.1 Å². The monoisotopic (exact) mass is 500 g/mol. The van der Waals surface area contributed by atoms with E-state index < -0.39 is 0 Å². The van der Waals surface area contributed by atoms with Crippen molar-refractivity contribution in [3.8, 4) is 5.75 Å². The number of thioether (sulfide) groups is 1. The number of nitrogens with zero attached hydrogens (tertiary/aromatic N) is 3. The number of ether oxygens (including phenoxy) is 1. The van der Waals surface area contributed by atoms with Gasteiger partial charge in [-0.2, -0.15) is 0 Å². The van der Waals surface area contributed by atoms with Crippen LogP contribution >= 0.6 is 27.7 Å². The number of anilines is 1. The molecule has 31 heavy (non-hydrogen) atoms. The second-order valence-electron chi connectivity index (χ2n) is 7.15. The van der Waals surface area contributed by atoms with Crippen molar-refractivity contribution in [1.29, 1.82) is 0 Å². The van der Waals surface area contributed by atoms with Crippen molar-refractivity contribution in [3.63, 3.8) is 0 Å². The second kappa shape index (κ2) is 11.2. The van der Waals surface area contributed by atoms with Gasteiger partial charge in [-0.25, -0.2) is 0 Å². The molecule has 0 bridgehead atoms. The number of halogens is 1. The van der Waals surface area contributed by atoms with Crippen LogP contribution in [0.1, 0.15) is 31.2 Å². The van der Waals surface area contributed by atoms with Crippen molar-refractivity contribution >= 4 is 39.3 Å². The highest BCUT2D eigenvalue weighted by Crippen LogP contribution is 2.21. The minimum atomic E-state index is -0.0943. The van der Waals surface area contributed by atoms with Crippen LogP contribution in [0.2, 0.25) is 0 Å². The lowest BCUT2D eigenvalue weighted by Crippen LogP contribution is -2.15. The summed E-state index contributed by atoms with van der Waals surface area (Å²) in [6.45, 7) is 8.90. The Morgan fingerprint density at radius 2 is 1.90 bits per heavy atom. The highest BCUT2D eigenvalue weighted by molar-refractivity contribution is 9.10. The second-order valence-corrected chi connectivity index (χ2v) is 9.01. The third-order valence-corrected chi connectivity index (χ3v) is 5.98. The molecule has 0 aliphatic carbocycles. The summed E-state index contributed by atoms with van der Waals surface area (Å²) < 4.78 is 8.70. The van der Waals surface area contributed by atoms with Crippen LogP contribution in [-0.4, -0.2) is 26.4 Å². The largest absolute Gasteiger partial charge is 0.486 e. The van der Waals surface area contributed by atoms with Crippen molar-refractivity contribution in [1.82, 2.24) is 14.8 Å². The molecule has 0 radical (unpaired) electrons. The van der Waals surface area contributed by atoms with Gasteiger partial charge in [0.1, 0.15) is 12.4 Å². The van der Waals surface area contributed by atoms with Gasteiger partial charge in [-0.3, -0.25) is 9.36 Å². The Kier molecular flexibility index (Phi) is 8.31. The molecule has 0 unspecified atom stereocenters. The third-order valence-electron chi connectivity index (χ3n) is 4.48. The minimum absolute atomic E-state index is 0.0943. The van der Waals surface area contributed by atoms with Crippen LogP contribution in [0.3, 0.4) is 0 Å². The van der Waals surface area contributed by atoms with Crippen molar-refractivity contribution in [3.05, 3.63) is 77.0 Å². The molecule has 0 fully saturated rings. The van der Waals surface area contributed by atoms with Crippen LogP contribution in [0.25, 0.3) is 0 Å². The molecule has 6 nitrogen and oxygen atoms in total. The number of amides is 1. The van der Waals surface area contributed by atoms with Crippen LogP contribution in [0.5, 0.6) is 5.75 Å². The molecule has 0 aliphatic heterocycles. The van der Waals surface area contributed by atoms with Gasteiger partial charge >= 0.3 is 0 Å². The maximum atomic E-state index is 12.4. The van der Waals surface area contributed by atoms with Gasteiger partial charge in [0, 0.05) is 16.7 Å². The Morgan fingerprint density at radius 3 is 2.55 bits per heavy atom. The van der Waals surface area contributed by atoms with E-state index >= 15 is 0 Å². The number of carbonyl (C=O) groups is 1. The Hall–Kier alpha value is -2.58. The van der Waals surface area contributed by atoms with Gasteiger partial charge in [0.25, 0.3) is 0 Å². The van der Waals surface area contributed by atoms with E-state index in [4.69, 9.17) is 4.74 Å². The van der Waals surface area contributed by atoms with E-state index in [1.165, 1.54) is 17.3 Å². The predicted octanol–water partition coefficient (Wildman–Crippen LogP) is 5.66. The topological polar surface area (TPSA) is 69.0 Å². The van der Waals surface area contributed by atoms with E-state index in [0.29, 0.717) is 23.4 Å². The minimum Gasteiger partial charge on any atom is -0.486 e. The van der Waals surface area contributed by atoms with Crippen molar-refractivity contribution in [2.24, 2.45) is 0 Å². The highest BCUT2D eigenvalue weighted by Gasteiger charge is 2.14. The van der Waals surface area contributed by atoms with Crippen LogP contribution in [0.15, 0.2) is 70.8 Å². The predicted molar refractivity (Wildman–Crippen MR) is 129 cm³/mol. The summed E-state index contributed by atoms with van der Waals surface area (Å²) in [6.07, 6.45) is 1.77. The van der Waals surface area contributed by atoms with E-state index in [1.807, 2.05) is 53.1 Å². The molecular formula is C23H25BrN4O2S. The summed E-state index contributed by atoms with van der Waals surface area (Å²) in [5, 5.41) is 12.0. The molecular weight excluding hydrogens is 476 g/mol. The van der Waals surface area contributed by atoms with Gasteiger partial charge in [0.05, 0.1) is 5.75 Å². The zero-order valence-electron chi connectivity index (χ0n) is 17.5. The Labute approximate surface area is 195 Å². The molecule has 0 aliphatic rings. The Balaban J connectivity index is 1.58. The van der Waals surface area contributed by atoms with Crippen LogP contribution in [0, 0.1) is 0 Å². The van der Waals surface area contributed by atoms with Crippen molar-refractivity contribution in [2.75, 3.05) is 11.1 Å². The summed E-state index contributed by atoms with van der Waals surface area (Å²) in [7, 11) is 0. The lowest BCUT2D eigenvalue weighted by Gasteiger charge is -2.10. The lowest BCUT2D eigenvalue weighted by molar-refractivity contribution is -0.113. The summed E-state index contributed by atoms with van der Waals surface area (Å²) in [4.78, 5) is 12.4. The summed E-state index contributed by atoms with van der Waals surface area (Å²) >= 11 is 4.74. The number of aromatic nitrogens is 3. The lowest BCUT2D eigenvalue weighted by atomic mass is 10.0. The van der Waals surface area contributed by atoms with Gasteiger partial charge < -0.3 is 10.1 Å². The average Bonchev–Trinajstić information content (AvgIpc) is 3.14. The van der Waals surface area contributed by atoms with E-state index in [9.17, 15) is 4.79 Å². The molecule has 0 saturated heterocycles. The first-order chi connectivity index (χ1) is 15.0. The van der Waals surface area contributed by atoms with Gasteiger partial charge in [0.15, 0.2) is 11.0 Å². The van der Waals surface area contributed by atoms with Crippen LogP contribution in [-0.2, 0) is 17.9 Å². The zero-order valence-corrected chi connectivity index (χ0v) is 19.9. The molecule has 1 aromatic heterocycles. The van der Waals surface area contributed by atoms with E-state index in [2.05, 4.69) is 51.9 Å². The molecule has 0 saturated carbocycles. The van der Waals surface area contributed by atoms with Crippen molar-refractivity contribution in [2.45, 2.75) is 38.1 Å². The van der Waals surface area contributed by atoms with E-state index in [1.54, 1.807) is 6.08 Å². The maximum Gasteiger partial charge on any atom is 0.234 e. The molecule has 3 aromatic rings. The van der Waals surface area contributed by atoms with Gasteiger partial charge in [-0.15, -0.1) is 16.8 Å². The summed E-state index contributed by atoms with van der Waals surface area (Å²) in [6, 6.07) is 15.5. The number of nitrogens with one attached hydrogen (secondary N) is 1. The first-order valence-corrected chi connectivity index (χ1v) is 11.7. The Morgan fingerprint density at radius 1 is 1.19 bits per heavy atom. The number of carbonyl (C=O) groups excluding carboxylic acids is 1. The number of benzene rings is 2. The molecule has 3 rings (SSSR count). The molecule has 0 spiro atoms. The smallest absolute Gasteiger partial charge is 0.234 e. The highest BCUT2D eigenvalue weighted by atomic mass is 79.9. The maximum absolute atomic E-state index is 12.4. The molecule has 1 heterocycles. The molecule has 8 heteroatoms. The van der Waals surface area contributed by atoms with Gasteiger partial charge in [-0.1, -0.05) is 59.7 Å². The van der Waals surface area contributed by atoms with Crippen molar-refractivity contribution < 1.29 is 9.53 Å². The molecule has 0 atom stereocenters. The zero-order chi connectivity index (χ0) is 22.2. The summed E-state index contributed by atoms with van der Waals surface area (Å²) in [5.41, 5.74) is 2.02. The molecule has 2 aromatic carbocycles. The van der Waals surface area contributed by atoms with E-state index in [0.717, 1.165) is 15.9 Å². The van der Waals surface area contributed by atoms with E-state index in [-0.39, 0.29) is 18.3 Å². The number of allylic oxidation sites excluding steroid dienone is 1. The molecule has 1 N–H and O–H groups in total. The van der Waals surface area contributed by atoms with Crippen LogP contribution in [0.4, 0.5) is 5.69 Å². The van der Waals surface area contributed by atoms with Gasteiger partial charge in [0.2, 0.25) is 5.91 Å². The first kappa shape index (κ1) is 23.1. The SMILES string of the molecule is C=CCn1c(COc2ccc(Br)cc2)nnc1SCC(=O)Nc1ccc(C(C)C)cc1. The fourth-order valence-electron chi connectivity index (χ4n) is 2.80. The first-order valence-electron chi connectivity index (χ1n) is 9.90. The molecule has 1 amide bonds. The third kappa shape index (κ3) is 6.70. The normalized spacial score (nSPS) is 10.8. The number of hydrogen-bond acceptors (Lipinski definition) is 5. The summed E-state index contributed by atoms with van der Waals surface area (Å²) in [5.74, 6) is 2.01. The number of rotatable bonds is 10. The quantitative estimate of drug-likeness (QED) is 0.287. The Bertz CT molecular complexity index is 1020.